The van der Waals surface area contributed by atoms with Gasteiger partial charge in [-0.25, -0.2) is 19.0 Å². The summed E-state index contributed by atoms with van der Waals surface area (Å²) in [5.74, 6) is 0.0614. The van der Waals surface area contributed by atoms with Crippen molar-refractivity contribution in [2.24, 2.45) is 0 Å². The molecule has 30 heavy (non-hydrogen) atoms. The number of anilines is 1. The van der Waals surface area contributed by atoms with Gasteiger partial charge < -0.3 is 5.73 Å². The molecule has 0 spiro atoms. The van der Waals surface area contributed by atoms with E-state index >= 15 is 0 Å². The molecule has 0 amide bonds. The first kappa shape index (κ1) is 19.6. The molecule has 0 saturated heterocycles. The Bertz CT molecular complexity index is 1200. The van der Waals surface area contributed by atoms with Gasteiger partial charge in [0.1, 0.15) is 11.5 Å². The van der Waals surface area contributed by atoms with Crippen LogP contribution >= 0.6 is 0 Å². The number of hydrogen-bond acceptors (Lipinski definition) is 6. The molecule has 0 aliphatic carbocycles. The molecule has 3 heterocycles. The predicted molar refractivity (Wildman–Crippen MR) is 113 cm³/mol. The number of aryl methyl sites for hydroxylation is 1. The molecule has 0 aliphatic rings. The largest absolute Gasteiger partial charge is 0.368 e. The van der Waals surface area contributed by atoms with Gasteiger partial charge in [0.25, 0.3) is 0 Å². The third kappa shape index (κ3) is 4.03. The summed E-state index contributed by atoms with van der Waals surface area (Å²) < 4.78 is 16.2. The SMILES string of the molecule is Cc1cccc(-c2cc(-c3cn(Cc4cccc(C(C)C)n4)nn3)nc(N)n2)c1F. The summed E-state index contributed by atoms with van der Waals surface area (Å²) in [7, 11) is 0. The van der Waals surface area contributed by atoms with Gasteiger partial charge in [-0.3, -0.25) is 4.98 Å². The van der Waals surface area contributed by atoms with E-state index in [1.165, 1.54) is 0 Å². The van der Waals surface area contributed by atoms with Crippen molar-refractivity contribution in [1.82, 2.24) is 29.9 Å². The van der Waals surface area contributed by atoms with Crippen LogP contribution in [0.1, 0.15) is 36.7 Å². The van der Waals surface area contributed by atoms with Gasteiger partial charge in [0.15, 0.2) is 0 Å². The number of benzene rings is 1. The maximum atomic E-state index is 14.5. The predicted octanol–water partition coefficient (Wildman–Crippen LogP) is 4.00. The summed E-state index contributed by atoms with van der Waals surface area (Å²) in [6, 6.07) is 12.8. The van der Waals surface area contributed by atoms with E-state index in [2.05, 4.69) is 39.1 Å². The molecule has 0 radical (unpaired) electrons. The Balaban J connectivity index is 1.64. The second-order valence-electron chi connectivity index (χ2n) is 7.44. The number of aromatic nitrogens is 6. The molecule has 0 aliphatic heterocycles. The molecule has 7 nitrogen and oxygen atoms in total. The zero-order valence-electron chi connectivity index (χ0n) is 17.0. The molecule has 0 saturated carbocycles. The lowest BCUT2D eigenvalue weighted by Gasteiger charge is -2.07. The zero-order valence-corrected chi connectivity index (χ0v) is 17.0. The molecular formula is C22H22FN7. The lowest BCUT2D eigenvalue weighted by atomic mass is 10.1. The lowest BCUT2D eigenvalue weighted by Crippen LogP contribution is -2.04. The van der Waals surface area contributed by atoms with E-state index in [-0.39, 0.29) is 11.8 Å². The van der Waals surface area contributed by atoms with E-state index in [0.29, 0.717) is 40.7 Å². The Kier molecular flexibility index (Phi) is 5.22. The minimum absolute atomic E-state index is 0.0456. The van der Waals surface area contributed by atoms with Gasteiger partial charge in [-0.2, -0.15) is 0 Å². The maximum absolute atomic E-state index is 14.5. The van der Waals surface area contributed by atoms with E-state index < -0.39 is 0 Å². The Morgan fingerprint density at radius 2 is 1.77 bits per heavy atom. The Morgan fingerprint density at radius 3 is 2.57 bits per heavy atom. The van der Waals surface area contributed by atoms with Gasteiger partial charge >= 0.3 is 0 Å². The van der Waals surface area contributed by atoms with Crippen LogP contribution in [0.15, 0.2) is 48.7 Å². The molecule has 0 fully saturated rings. The quantitative estimate of drug-likeness (QED) is 0.541. The van der Waals surface area contributed by atoms with Gasteiger partial charge in [0.05, 0.1) is 29.8 Å². The molecule has 0 unspecified atom stereocenters. The average Bonchev–Trinajstić information content (AvgIpc) is 3.18. The fraction of sp³-hybridized carbons (Fsp3) is 0.227. The van der Waals surface area contributed by atoms with Gasteiger partial charge in [-0.15, -0.1) is 5.10 Å². The van der Waals surface area contributed by atoms with E-state index in [0.717, 1.165) is 11.4 Å². The lowest BCUT2D eigenvalue weighted by molar-refractivity contribution is 0.621. The van der Waals surface area contributed by atoms with Crippen molar-refractivity contribution in [3.63, 3.8) is 0 Å². The highest BCUT2D eigenvalue weighted by atomic mass is 19.1. The molecule has 1 aromatic carbocycles. The standard InChI is InChI=1S/C22H22FN7/c1-13(2)17-9-5-7-15(25-17)11-30-12-20(28-29-30)19-10-18(26-22(24)27-19)16-8-4-6-14(3)21(16)23/h4-10,12-13H,11H2,1-3H3,(H2,24,26,27). The summed E-state index contributed by atoms with van der Waals surface area (Å²) in [4.78, 5) is 13.1. The second-order valence-corrected chi connectivity index (χ2v) is 7.44. The van der Waals surface area contributed by atoms with Crippen LogP contribution in [0.5, 0.6) is 0 Å². The Hall–Kier alpha value is -3.68. The van der Waals surface area contributed by atoms with Gasteiger partial charge in [0, 0.05) is 11.3 Å². The van der Waals surface area contributed by atoms with Crippen LogP contribution in [0.25, 0.3) is 22.6 Å². The number of nitrogen functional groups attached to an aromatic ring is 1. The first-order chi connectivity index (χ1) is 14.4. The summed E-state index contributed by atoms with van der Waals surface area (Å²) in [5, 5.41) is 8.38. The van der Waals surface area contributed by atoms with Crippen LogP contribution in [0.4, 0.5) is 10.3 Å². The topological polar surface area (TPSA) is 95.4 Å². The van der Waals surface area contributed by atoms with Crippen molar-refractivity contribution < 1.29 is 4.39 Å². The Morgan fingerprint density at radius 1 is 1.00 bits per heavy atom. The molecule has 8 heteroatoms. The van der Waals surface area contributed by atoms with Gasteiger partial charge in [-0.05, 0) is 42.7 Å². The van der Waals surface area contributed by atoms with Crippen LogP contribution in [0, 0.1) is 12.7 Å². The third-order valence-electron chi connectivity index (χ3n) is 4.76. The minimum Gasteiger partial charge on any atom is -0.368 e. The van der Waals surface area contributed by atoms with E-state index in [4.69, 9.17) is 5.73 Å². The minimum atomic E-state index is -0.332. The number of hydrogen-bond donors (Lipinski definition) is 1. The second kappa shape index (κ2) is 7.98. The average molecular weight is 403 g/mol. The first-order valence-corrected chi connectivity index (χ1v) is 9.67. The number of nitrogens with zero attached hydrogens (tertiary/aromatic N) is 6. The van der Waals surface area contributed by atoms with Crippen molar-refractivity contribution in [3.05, 3.63) is 71.4 Å². The summed E-state index contributed by atoms with van der Waals surface area (Å²) >= 11 is 0. The number of pyridine rings is 1. The van der Waals surface area contributed by atoms with Gasteiger partial charge in [0.2, 0.25) is 5.95 Å². The van der Waals surface area contributed by atoms with Crippen molar-refractivity contribution in [1.29, 1.82) is 0 Å². The fourth-order valence-electron chi connectivity index (χ4n) is 3.15. The summed E-state index contributed by atoms with van der Waals surface area (Å²) in [6.45, 7) is 6.40. The molecule has 152 valence electrons. The number of halogens is 1. The smallest absolute Gasteiger partial charge is 0.221 e. The van der Waals surface area contributed by atoms with Crippen molar-refractivity contribution >= 4 is 5.95 Å². The highest BCUT2D eigenvalue weighted by Crippen LogP contribution is 2.26. The van der Waals surface area contributed by atoms with Crippen molar-refractivity contribution in [2.75, 3.05) is 5.73 Å². The van der Waals surface area contributed by atoms with E-state index in [1.807, 2.05) is 18.2 Å². The van der Waals surface area contributed by atoms with Gasteiger partial charge in [-0.1, -0.05) is 37.3 Å². The fourth-order valence-corrected chi connectivity index (χ4v) is 3.15. The summed E-state index contributed by atoms with van der Waals surface area (Å²) in [6.07, 6.45) is 1.77. The van der Waals surface area contributed by atoms with Crippen LogP contribution in [0.3, 0.4) is 0 Å². The molecule has 3 aromatic heterocycles. The highest BCUT2D eigenvalue weighted by molar-refractivity contribution is 5.68. The normalized spacial score (nSPS) is 11.2. The molecule has 4 rings (SSSR count). The molecule has 0 bridgehead atoms. The molecular weight excluding hydrogens is 381 g/mol. The van der Waals surface area contributed by atoms with Crippen LogP contribution in [-0.2, 0) is 6.54 Å². The van der Waals surface area contributed by atoms with Crippen molar-refractivity contribution in [3.8, 4) is 22.6 Å². The van der Waals surface area contributed by atoms with E-state index in [1.54, 1.807) is 42.1 Å². The highest BCUT2D eigenvalue weighted by Gasteiger charge is 2.14. The molecule has 4 aromatic rings. The third-order valence-corrected chi connectivity index (χ3v) is 4.76. The number of rotatable bonds is 5. The molecule has 0 atom stereocenters. The number of nitrogens with two attached hydrogens (primary N) is 1. The maximum Gasteiger partial charge on any atom is 0.221 e. The van der Waals surface area contributed by atoms with Crippen molar-refractivity contribution in [2.45, 2.75) is 33.2 Å². The zero-order chi connectivity index (χ0) is 21.3. The molecule has 2 N–H and O–H groups in total. The Labute approximate surface area is 173 Å². The first-order valence-electron chi connectivity index (χ1n) is 9.67. The summed E-state index contributed by atoms with van der Waals surface area (Å²) in [5.41, 5.74) is 10.1. The van der Waals surface area contributed by atoms with E-state index in [9.17, 15) is 4.39 Å². The van der Waals surface area contributed by atoms with Crippen LogP contribution < -0.4 is 5.73 Å². The van der Waals surface area contributed by atoms with Crippen LogP contribution in [0.2, 0.25) is 0 Å². The monoisotopic (exact) mass is 403 g/mol. The van der Waals surface area contributed by atoms with Crippen LogP contribution in [-0.4, -0.2) is 29.9 Å².